The fourth-order valence-electron chi connectivity index (χ4n) is 1.51. The quantitative estimate of drug-likeness (QED) is 0.565. The first-order chi connectivity index (χ1) is 8.35. The Hall–Kier alpha value is -1.10. The van der Waals surface area contributed by atoms with Crippen LogP contribution in [0.5, 0.6) is 0 Å². The van der Waals surface area contributed by atoms with Crippen molar-refractivity contribution in [1.29, 1.82) is 0 Å². The molecule has 5 heteroatoms. The third-order valence-corrected chi connectivity index (χ3v) is 2.32. The van der Waals surface area contributed by atoms with E-state index in [1.54, 1.807) is 0 Å². The summed E-state index contributed by atoms with van der Waals surface area (Å²) in [4.78, 5) is 22.9. The van der Waals surface area contributed by atoms with Gasteiger partial charge in [-0.2, -0.15) is 0 Å². The van der Waals surface area contributed by atoms with Gasteiger partial charge in [0.1, 0.15) is 0 Å². The molecule has 0 atom stereocenters. The van der Waals surface area contributed by atoms with Crippen molar-refractivity contribution >= 4 is 11.8 Å². The number of amides is 2. The number of hydrogen-bond donors (Lipinski definition) is 3. The van der Waals surface area contributed by atoms with Crippen LogP contribution < -0.4 is 16.4 Å². The van der Waals surface area contributed by atoms with Crippen molar-refractivity contribution in [3.05, 3.63) is 0 Å². The van der Waals surface area contributed by atoms with Gasteiger partial charge in [0.25, 0.3) is 0 Å². The summed E-state index contributed by atoms with van der Waals surface area (Å²) in [7, 11) is 0. The highest BCUT2D eigenvalue weighted by Crippen LogP contribution is 2.02. The first-order valence-electron chi connectivity index (χ1n) is 6.63. The van der Waals surface area contributed by atoms with E-state index in [-0.39, 0.29) is 23.9 Å². The molecule has 0 aromatic rings. The molecule has 0 radical (unpaired) electrons. The van der Waals surface area contributed by atoms with Gasteiger partial charge in [-0.15, -0.1) is 0 Å². The SMILES string of the molecule is CC(C)(C)NC(=O)CNC(=O)CCCCCCN. The van der Waals surface area contributed by atoms with E-state index in [9.17, 15) is 9.59 Å². The molecule has 0 saturated heterocycles. The number of unbranched alkanes of at least 4 members (excludes halogenated alkanes) is 3. The Morgan fingerprint density at radius 3 is 2.17 bits per heavy atom. The number of hydrogen-bond acceptors (Lipinski definition) is 3. The molecule has 0 saturated carbocycles. The zero-order chi connectivity index (χ0) is 14.0. The van der Waals surface area contributed by atoms with Crippen molar-refractivity contribution < 1.29 is 9.59 Å². The van der Waals surface area contributed by atoms with Crippen molar-refractivity contribution in [2.45, 2.75) is 58.4 Å². The summed E-state index contributed by atoms with van der Waals surface area (Å²) in [6, 6.07) is 0. The van der Waals surface area contributed by atoms with E-state index < -0.39 is 0 Å². The lowest BCUT2D eigenvalue weighted by Gasteiger charge is -2.20. The highest BCUT2D eigenvalue weighted by molar-refractivity contribution is 5.84. The molecule has 0 aliphatic carbocycles. The average Bonchev–Trinajstić information content (AvgIpc) is 2.24. The minimum absolute atomic E-state index is 0.0545. The molecule has 0 aliphatic heterocycles. The van der Waals surface area contributed by atoms with Crippen molar-refractivity contribution in [2.75, 3.05) is 13.1 Å². The van der Waals surface area contributed by atoms with Crippen LogP contribution in [0, 0.1) is 0 Å². The van der Waals surface area contributed by atoms with Crippen LogP contribution in [-0.2, 0) is 9.59 Å². The Morgan fingerprint density at radius 2 is 1.61 bits per heavy atom. The smallest absolute Gasteiger partial charge is 0.239 e. The van der Waals surface area contributed by atoms with Gasteiger partial charge < -0.3 is 16.4 Å². The Balaban J connectivity index is 3.55. The molecular weight excluding hydrogens is 230 g/mol. The maximum absolute atomic E-state index is 11.4. The highest BCUT2D eigenvalue weighted by atomic mass is 16.2. The highest BCUT2D eigenvalue weighted by Gasteiger charge is 2.13. The van der Waals surface area contributed by atoms with Crippen LogP contribution in [0.25, 0.3) is 0 Å². The third-order valence-electron chi connectivity index (χ3n) is 2.32. The van der Waals surface area contributed by atoms with Gasteiger partial charge in [-0.25, -0.2) is 0 Å². The largest absolute Gasteiger partial charge is 0.350 e. The van der Waals surface area contributed by atoms with Crippen molar-refractivity contribution in [2.24, 2.45) is 5.73 Å². The van der Waals surface area contributed by atoms with E-state index in [1.807, 2.05) is 20.8 Å². The number of carbonyl (C=O) groups excluding carboxylic acids is 2. The first-order valence-corrected chi connectivity index (χ1v) is 6.63. The van der Waals surface area contributed by atoms with Crippen LogP contribution in [0.4, 0.5) is 0 Å². The Labute approximate surface area is 110 Å². The van der Waals surface area contributed by atoms with E-state index in [0.717, 1.165) is 25.7 Å². The molecule has 5 nitrogen and oxygen atoms in total. The van der Waals surface area contributed by atoms with Gasteiger partial charge in [-0.3, -0.25) is 9.59 Å². The van der Waals surface area contributed by atoms with E-state index in [1.165, 1.54) is 0 Å². The molecule has 106 valence electrons. The molecule has 0 bridgehead atoms. The van der Waals surface area contributed by atoms with Gasteiger partial charge in [0, 0.05) is 12.0 Å². The van der Waals surface area contributed by atoms with Gasteiger partial charge >= 0.3 is 0 Å². The second kappa shape index (κ2) is 8.91. The normalized spacial score (nSPS) is 11.1. The zero-order valence-electron chi connectivity index (χ0n) is 11.8. The van der Waals surface area contributed by atoms with Gasteiger partial charge in [0.2, 0.25) is 11.8 Å². The second-order valence-electron chi connectivity index (χ2n) is 5.53. The summed E-state index contributed by atoms with van der Waals surface area (Å²) in [6.45, 7) is 6.48. The first kappa shape index (κ1) is 16.9. The van der Waals surface area contributed by atoms with Crippen LogP contribution in [0.3, 0.4) is 0 Å². The Morgan fingerprint density at radius 1 is 1.00 bits per heavy atom. The van der Waals surface area contributed by atoms with E-state index in [4.69, 9.17) is 5.73 Å². The summed E-state index contributed by atoms with van der Waals surface area (Å²) in [6.07, 6.45) is 4.42. The van der Waals surface area contributed by atoms with Gasteiger partial charge in [-0.1, -0.05) is 12.8 Å². The number of carbonyl (C=O) groups is 2. The summed E-state index contributed by atoms with van der Waals surface area (Å²) in [5.74, 6) is -0.217. The summed E-state index contributed by atoms with van der Waals surface area (Å²) >= 11 is 0. The number of rotatable bonds is 8. The van der Waals surface area contributed by atoms with E-state index >= 15 is 0 Å². The van der Waals surface area contributed by atoms with Crippen molar-refractivity contribution in [1.82, 2.24) is 10.6 Å². The monoisotopic (exact) mass is 257 g/mol. The lowest BCUT2D eigenvalue weighted by molar-refractivity contribution is -0.126. The molecule has 0 rings (SSSR count). The molecule has 2 amide bonds. The molecular formula is C13H27N3O2. The Bertz CT molecular complexity index is 259. The minimum Gasteiger partial charge on any atom is -0.350 e. The molecule has 18 heavy (non-hydrogen) atoms. The predicted molar refractivity (Wildman–Crippen MR) is 73.0 cm³/mol. The number of nitrogens with two attached hydrogens (primary N) is 1. The average molecular weight is 257 g/mol. The molecule has 0 aliphatic rings. The maximum atomic E-state index is 11.4. The summed E-state index contributed by atoms with van der Waals surface area (Å²) < 4.78 is 0. The van der Waals surface area contributed by atoms with Crippen LogP contribution in [0.1, 0.15) is 52.9 Å². The lowest BCUT2D eigenvalue weighted by atomic mass is 10.1. The number of nitrogens with one attached hydrogen (secondary N) is 2. The fraction of sp³-hybridized carbons (Fsp3) is 0.846. The zero-order valence-corrected chi connectivity index (χ0v) is 11.8. The predicted octanol–water partition coefficient (Wildman–Crippen LogP) is 0.927. The Kier molecular flexibility index (Phi) is 8.37. The summed E-state index contributed by atoms with van der Waals surface area (Å²) in [5, 5.41) is 5.41. The van der Waals surface area contributed by atoms with E-state index in [2.05, 4.69) is 10.6 Å². The van der Waals surface area contributed by atoms with Crippen molar-refractivity contribution in [3.8, 4) is 0 Å². The molecule has 0 aromatic carbocycles. The molecule has 0 unspecified atom stereocenters. The molecule has 4 N–H and O–H groups in total. The lowest BCUT2D eigenvalue weighted by Crippen LogP contribution is -2.45. The minimum atomic E-state index is -0.260. The van der Waals surface area contributed by atoms with Crippen molar-refractivity contribution in [3.63, 3.8) is 0 Å². The standard InChI is InChI=1S/C13H27N3O2/c1-13(2,3)16-12(18)10-15-11(17)8-6-4-5-7-9-14/h4-10,14H2,1-3H3,(H,15,17)(H,16,18). The van der Waals surface area contributed by atoms with Crippen LogP contribution >= 0.6 is 0 Å². The van der Waals surface area contributed by atoms with Gasteiger partial charge in [0.15, 0.2) is 0 Å². The van der Waals surface area contributed by atoms with Crippen LogP contribution in [-0.4, -0.2) is 30.4 Å². The topological polar surface area (TPSA) is 84.2 Å². The van der Waals surface area contributed by atoms with Crippen LogP contribution in [0.2, 0.25) is 0 Å². The molecule has 0 fully saturated rings. The maximum Gasteiger partial charge on any atom is 0.239 e. The summed E-state index contributed by atoms with van der Waals surface area (Å²) in [5.41, 5.74) is 5.12. The van der Waals surface area contributed by atoms with Gasteiger partial charge in [-0.05, 0) is 40.2 Å². The van der Waals surface area contributed by atoms with Crippen LogP contribution in [0.15, 0.2) is 0 Å². The fourth-order valence-corrected chi connectivity index (χ4v) is 1.51. The third kappa shape index (κ3) is 11.4. The molecule has 0 aromatic heterocycles. The van der Waals surface area contributed by atoms with Gasteiger partial charge in [0.05, 0.1) is 6.54 Å². The van der Waals surface area contributed by atoms with E-state index in [0.29, 0.717) is 13.0 Å². The molecule has 0 heterocycles. The molecule has 0 spiro atoms. The second-order valence-corrected chi connectivity index (χ2v) is 5.53.